The molecule has 2 nitrogen and oxygen atoms in total. The van der Waals surface area contributed by atoms with Crippen LogP contribution in [0.15, 0.2) is 11.4 Å². The molecule has 2 N–H and O–H groups in total. The zero-order valence-electron chi connectivity index (χ0n) is 10.8. The molecule has 18 heavy (non-hydrogen) atoms. The molecule has 0 spiro atoms. The molecule has 1 aromatic rings. The van der Waals surface area contributed by atoms with Gasteiger partial charge in [-0.25, -0.2) is 0 Å². The largest absolute Gasteiger partial charge is 0.373 e. The topological polar surface area (TPSA) is 35.2 Å². The molecule has 0 aromatic carbocycles. The van der Waals surface area contributed by atoms with Crippen LogP contribution in [0.25, 0.3) is 0 Å². The number of hydrogen-bond donors (Lipinski definition) is 1. The lowest BCUT2D eigenvalue weighted by molar-refractivity contribution is 0.0324. The maximum atomic E-state index is 6.04. The van der Waals surface area contributed by atoms with E-state index in [9.17, 15) is 0 Å². The maximum absolute atomic E-state index is 6.04. The molecule has 0 bridgehead atoms. The summed E-state index contributed by atoms with van der Waals surface area (Å²) < 4.78 is 6.04. The molecule has 0 atom stereocenters. The predicted molar refractivity (Wildman–Crippen MR) is 76.5 cm³/mol. The molecule has 1 saturated carbocycles. The number of hydrogen-bond acceptors (Lipinski definition) is 3. The highest BCUT2D eigenvalue weighted by Crippen LogP contribution is 2.23. The van der Waals surface area contributed by atoms with Gasteiger partial charge < -0.3 is 10.5 Å². The van der Waals surface area contributed by atoms with E-state index in [2.05, 4.69) is 23.3 Å². The van der Waals surface area contributed by atoms with Gasteiger partial charge >= 0.3 is 0 Å². The lowest BCUT2D eigenvalue weighted by Crippen LogP contribution is -2.11. The average molecular weight is 263 g/mol. The first kappa shape index (κ1) is 13.6. The first-order valence-electron chi connectivity index (χ1n) is 6.77. The lowest BCUT2D eigenvalue weighted by Gasteiger charge is -2.14. The lowest BCUT2D eigenvalue weighted by atomic mass is 10.1. The van der Waals surface area contributed by atoms with E-state index in [1.165, 1.54) is 43.4 Å². The highest BCUT2D eigenvalue weighted by atomic mass is 32.1. The Morgan fingerprint density at radius 3 is 2.78 bits per heavy atom. The molecule has 1 aliphatic carbocycles. The van der Waals surface area contributed by atoms with E-state index in [0.717, 1.165) is 5.56 Å². The molecule has 0 aliphatic heterocycles. The smallest absolute Gasteiger partial charge is 0.0825 e. The number of rotatable bonds is 3. The van der Waals surface area contributed by atoms with Crippen molar-refractivity contribution < 1.29 is 4.74 Å². The first-order valence-corrected chi connectivity index (χ1v) is 7.65. The van der Waals surface area contributed by atoms with E-state index < -0.39 is 0 Å². The van der Waals surface area contributed by atoms with Gasteiger partial charge in [-0.3, -0.25) is 0 Å². The summed E-state index contributed by atoms with van der Waals surface area (Å²) in [5.74, 6) is 6.02. The van der Waals surface area contributed by atoms with Crippen molar-refractivity contribution in [3.63, 3.8) is 0 Å². The van der Waals surface area contributed by atoms with Gasteiger partial charge in [-0.2, -0.15) is 0 Å². The van der Waals surface area contributed by atoms with Crippen LogP contribution in [-0.4, -0.2) is 12.6 Å². The molecule has 98 valence electrons. The van der Waals surface area contributed by atoms with E-state index >= 15 is 0 Å². The fourth-order valence-corrected chi connectivity index (χ4v) is 3.06. The van der Waals surface area contributed by atoms with Crippen molar-refractivity contribution in [1.29, 1.82) is 0 Å². The minimum absolute atomic E-state index is 0.415. The Morgan fingerprint density at radius 2 is 2.06 bits per heavy atom. The third kappa shape index (κ3) is 4.13. The summed E-state index contributed by atoms with van der Waals surface area (Å²) in [5, 5.41) is 2.08. The van der Waals surface area contributed by atoms with Crippen LogP contribution >= 0.6 is 11.3 Å². The normalized spacial score (nSPS) is 16.9. The van der Waals surface area contributed by atoms with Crippen LogP contribution in [0.3, 0.4) is 0 Å². The zero-order chi connectivity index (χ0) is 12.6. The summed E-state index contributed by atoms with van der Waals surface area (Å²) in [7, 11) is 0. The summed E-state index contributed by atoms with van der Waals surface area (Å²) in [6.45, 7) is 1.12. The van der Waals surface area contributed by atoms with Gasteiger partial charge in [0.05, 0.1) is 19.3 Å². The highest BCUT2D eigenvalue weighted by molar-refractivity contribution is 7.10. The minimum atomic E-state index is 0.415. The number of ether oxygens (including phenoxy) is 1. The second-order valence-electron chi connectivity index (χ2n) is 4.69. The molecule has 0 amide bonds. The number of thiophene rings is 1. The van der Waals surface area contributed by atoms with Crippen molar-refractivity contribution in [2.75, 3.05) is 6.54 Å². The second-order valence-corrected chi connectivity index (χ2v) is 5.69. The van der Waals surface area contributed by atoms with E-state index in [1.54, 1.807) is 11.3 Å². The Morgan fingerprint density at radius 1 is 1.28 bits per heavy atom. The Kier molecular flexibility index (Phi) is 5.73. The highest BCUT2D eigenvalue weighted by Gasteiger charge is 2.13. The molecule has 0 radical (unpaired) electrons. The summed E-state index contributed by atoms with van der Waals surface area (Å²) in [5.41, 5.74) is 6.48. The Labute approximate surface area is 114 Å². The Hall–Kier alpha value is -0.820. The monoisotopic (exact) mass is 263 g/mol. The summed E-state index contributed by atoms with van der Waals surface area (Å²) in [6, 6.07) is 2.05. The standard InChI is InChI=1S/C15H21NOS/c16-10-5-6-13-9-11-18-15(13)12-17-14-7-3-1-2-4-8-14/h9,11,14H,1-4,7-8,10,12,16H2. The van der Waals surface area contributed by atoms with Crippen LogP contribution in [0.2, 0.25) is 0 Å². The predicted octanol–water partition coefficient (Wildman–Crippen LogP) is 3.30. The van der Waals surface area contributed by atoms with E-state index in [1.807, 2.05) is 0 Å². The van der Waals surface area contributed by atoms with Crippen molar-refractivity contribution in [2.24, 2.45) is 5.73 Å². The van der Waals surface area contributed by atoms with Crippen LogP contribution in [0.4, 0.5) is 0 Å². The van der Waals surface area contributed by atoms with E-state index in [-0.39, 0.29) is 0 Å². The van der Waals surface area contributed by atoms with Crippen molar-refractivity contribution in [3.8, 4) is 11.8 Å². The van der Waals surface area contributed by atoms with Gasteiger partial charge in [0.25, 0.3) is 0 Å². The SMILES string of the molecule is NCC#Cc1ccsc1COC1CCCCCC1. The number of nitrogens with two attached hydrogens (primary N) is 1. The van der Waals surface area contributed by atoms with Gasteiger partial charge in [0.2, 0.25) is 0 Å². The van der Waals surface area contributed by atoms with Crippen molar-refractivity contribution in [1.82, 2.24) is 0 Å². The summed E-state index contributed by atoms with van der Waals surface area (Å²) >= 11 is 1.73. The van der Waals surface area contributed by atoms with Gasteiger partial charge in [0, 0.05) is 10.4 Å². The van der Waals surface area contributed by atoms with Crippen LogP contribution in [0.5, 0.6) is 0 Å². The van der Waals surface area contributed by atoms with Crippen LogP contribution < -0.4 is 5.73 Å². The maximum Gasteiger partial charge on any atom is 0.0825 e. The van der Waals surface area contributed by atoms with E-state index in [4.69, 9.17) is 10.5 Å². The molecular weight excluding hydrogens is 242 g/mol. The second kappa shape index (κ2) is 7.58. The minimum Gasteiger partial charge on any atom is -0.373 e. The summed E-state index contributed by atoms with van der Waals surface area (Å²) in [6.07, 6.45) is 8.25. The fourth-order valence-electron chi connectivity index (χ4n) is 2.31. The zero-order valence-corrected chi connectivity index (χ0v) is 11.6. The van der Waals surface area contributed by atoms with Gasteiger partial charge in [-0.1, -0.05) is 37.5 Å². The third-order valence-corrected chi connectivity index (χ3v) is 4.22. The fraction of sp³-hybridized carbons (Fsp3) is 0.600. The molecule has 0 saturated heterocycles. The Balaban J connectivity index is 1.87. The molecule has 1 aliphatic rings. The van der Waals surface area contributed by atoms with Crippen LogP contribution in [0, 0.1) is 11.8 Å². The molecular formula is C15H21NOS. The third-order valence-electron chi connectivity index (χ3n) is 3.32. The van der Waals surface area contributed by atoms with Gasteiger partial charge in [0.15, 0.2) is 0 Å². The molecule has 1 heterocycles. The van der Waals surface area contributed by atoms with Crippen LogP contribution in [0.1, 0.15) is 49.0 Å². The quantitative estimate of drug-likeness (QED) is 0.671. The van der Waals surface area contributed by atoms with Crippen molar-refractivity contribution in [3.05, 3.63) is 21.9 Å². The van der Waals surface area contributed by atoms with Crippen LogP contribution in [-0.2, 0) is 11.3 Å². The van der Waals surface area contributed by atoms with Crippen molar-refractivity contribution in [2.45, 2.75) is 51.2 Å². The van der Waals surface area contributed by atoms with E-state index in [0.29, 0.717) is 19.3 Å². The Bertz CT molecular complexity index is 408. The average Bonchev–Trinajstić information content (AvgIpc) is 2.67. The molecule has 1 fully saturated rings. The van der Waals surface area contributed by atoms with Gasteiger partial charge in [-0.15, -0.1) is 11.3 Å². The first-order chi connectivity index (χ1) is 8.90. The van der Waals surface area contributed by atoms with Gasteiger partial charge in [-0.05, 0) is 24.3 Å². The van der Waals surface area contributed by atoms with Gasteiger partial charge in [0.1, 0.15) is 0 Å². The van der Waals surface area contributed by atoms with Crippen molar-refractivity contribution >= 4 is 11.3 Å². The molecule has 1 aromatic heterocycles. The molecule has 0 unspecified atom stereocenters. The molecule has 2 rings (SSSR count). The molecule has 3 heteroatoms. The summed E-state index contributed by atoms with van der Waals surface area (Å²) in [4.78, 5) is 1.24.